The minimum atomic E-state index is -4.94. The summed E-state index contributed by atoms with van der Waals surface area (Å²) in [4.78, 5) is 72.0. The van der Waals surface area contributed by atoms with Crippen molar-refractivity contribution >= 4 is 39.5 Å². The Labute approximate surface area is 492 Å². The lowest BCUT2D eigenvalue weighted by molar-refractivity contribution is -0.161. The van der Waals surface area contributed by atoms with Crippen molar-refractivity contribution in [3.63, 3.8) is 0 Å². The number of unbranched alkanes of at least 4 members (excludes halogenated alkanes) is 31. The van der Waals surface area contributed by atoms with Gasteiger partial charge in [0.05, 0.1) is 26.4 Å². The fourth-order valence-corrected chi connectivity index (χ4v) is 10.8. The number of aliphatic hydroxyl groups is 1. The zero-order chi connectivity index (χ0) is 60.1. The summed E-state index contributed by atoms with van der Waals surface area (Å²) >= 11 is 0. The van der Waals surface area contributed by atoms with Gasteiger partial charge < -0.3 is 33.8 Å². The molecule has 0 heterocycles. The van der Waals surface area contributed by atoms with Crippen LogP contribution in [0, 0.1) is 11.8 Å². The molecule has 0 rings (SSSR count). The third-order valence-electron chi connectivity index (χ3n) is 14.2. The Morgan fingerprint density at radius 1 is 0.333 bits per heavy atom. The Balaban J connectivity index is 5.23. The summed E-state index contributed by atoms with van der Waals surface area (Å²) in [6.45, 7) is 9.34. The molecular formula is C62H120O17P2. The van der Waals surface area contributed by atoms with Gasteiger partial charge in [-0.3, -0.25) is 37.3 Å². The molecule has 0 aliphatic rings. The molecule has 0 saturated heterocycles. The van der Waals surface area contributed by atoms with Crippen molar-refractivity contribution in [1.82, 2.24) is 0 Å². The van der Waals surface area contributed by atoms with E-state index in [1.54, 1.807) is 0 Å². The van der Waals surface area contributed by atoms with Crippen molar-refractivity contribution in [3.05, 3.63) is 0 Å². The van der Waals surface area contributed by atoms with Gasteiger partial charge in [0.25, 0.3) is 0 Å². The Kier molecular flexibility index (Phi) is 53.4. The van der Waals surface area contributed by atoms with Crippen LogP contribution in [0.5, 0.6) is 0 Å². The van der Waals surface area contributed by atoms with E-state index in [1.807, 2.05) is 0 Å². The summed E-state index contributed by atoms with van der Waals surface area (Å²) in [7, 11) is -9.88. The summed E-state index contributed by atoms with van der Waals surface area (Å²) in [6, 6.07) is 0. The lowest BCUT2D eigenvalue weighted by Crippen LogP contribution is -2.30. The molecule has 0 aliphatic carbocycles. The first-order chi connectivity index (χ1) is 38.9. The normalized spacial score (nSPS) is 14.4. The van der Waals surface area contributed by atoms with E-state index in [2.05, 4.69) is 41.5 Å². The molecule has 0 spiro atoms. The van der Waals surface area contributed by atoms with Gasteiger partial charge in [0.1, 0.15) is 19.3 Å². The highest BCUT2D eigenvalue weighted by Gasteiger charge is 2.30. The van der Waals surface area contributed by atoms with Gasteiger partial charge in [-0.15, -0.1) is 0 Å². The van der Waals surface area contributed by atoms with Crippen LogP contribution in [0.1, 0.15) is 305 Å². The quantitative estimate of drug-likeness (QED) is 0.0222. The fourth-order valence-electron chi connectivity index (χ4n) is 9.18. The topological polar surface area (TPSA) is 237 Å². The maximum Gasteiger partial charge on any atom is 0.472 e. The molecule has 19 heteroatoms. The number of phosphoric acid groups is 2. The summed E-state index contributed by atoms with van der Waals surface area (Å²) in [5.74, 6) is -0.739. The Bertz CT molecular complexity index is 1600. The molecule has 3 N–H and O–H groups in total. The van der Waals surface area contributed by atoms with E-state index in [-0.39, 0.29) is 25.7 Å². The molecule has 0 bridgehead atoms. The smallest absolute Gasteiger partial charge is 0.462 e. The number of carbonyl (C=O) groups excluding carboxylic acids is 4. The first-order valence-corrected chi connectivity index (χ1v) is 35.5. The van der Waals surface area contributed by atoms with E-state index < -0.39 is 97.5 Å². The first kappa shape index (κ1) is 79.1. The van der Waals surface area contributed by atoms with E-state index >= 15 is 0 Å². The number of phosphoric ester groups is 2. The molecule has 480 valence electrons. The molecule has 0 aromatic heterocycles. The van der Waals surface area contributed by atoms with Crippen molar-refractivity contribution in [2.24, 2.45) is 11.8 Å². The van der Waals surface area contributed by atoms with Crippen LogP contribution in [0.2, 0.25) is 0 Å². The van der Waals surface area contributed by atoms with Crippen LogP contribution in [-0.2, 0) is 65.4 Å². The molecule has 0 radical (unpaired) electrons. The Morgan fingerprint density at radius 3 is 0.840 bits per heavy atom. The highest BCUT2D eigenvalue weighted by Crippen LogP contribution is 2.45. The summed E-state index contributed by atoms with van der Waals surface area (Å²) < 4.78 is 67.8. The highest BCUT2D eigenvalue weighted by atomic mass is 31.2. The fraction of sp³-hybridized carbons (Fsp3) is 0.935. The molecule has 2 unspecified atom stereocenters. The van der Waals surface area contributed by atoms with Crippen molar-refractivity contribution in [1.29, 1.82) is 0 Å². The highest BCUT2D eigenvalue weighted by molar-refractivity contribution is 7.47. The van der Waals surface area contributed by atoms with Crippen LogP contribution in [0.15, 0.2) is 0 Å². The minimum Gasteiger partial charge on any atom is -0.462 e. The van der Waals surface area contributed by atoms with Crippen molar-refractivity contribution in [2.75, 3.05) is 39.6 Å². The number of carbonyl (C=O) groups is 4. The molecule has 0 saturated carbocycles. The molecular weight excluding hydrogens is 1080 g/mol. The number of esters is 4. The van der Waals surface area contributed by atoms with Gasteiger partial charge in [-0.25, -0.2) is 9.13 Å². The molecule has 5 atom stereocenters. The van der Waals surface area contributed by atoms with Crippen molar-refractivity contribution in [3.8, 4) is 0 Å². The average Bonchev–Trinajstić information content (AvgIpc) is 3.42. The van der Waals surface area contributed by atoms with Gasteiger partial charge in [-0.1, -0.05) is 253 Å². The molecule has 0 aromatic rings. The molecule has 81 heavy (non-hydrogen) atoms. The van der Waals surface area contributed by atoms with Crippen LogP contribution in [0.4, 0.5) is 0 Å². The van der Waals surface area contributed by atoms with Gasteiger partial charge in [0.2, 0.25) is 0 Å². The van der Waals surface area contributed by atoms with Gasteiger partial charge in [0, 0.05) is 25.7 Å². The van der Waals surface area contributed by atoms with E-state index in [0.717, 1.165) is 103 Å². The van der Waals surface area contributed by atoms with Gasteiger partial charge in [0.15, 0.2) is 12.2 Å². The van der Waals surface area contributed by atoms with E-state index in [9.17, 15) is 43.2 Å². The largest absolute Gasteiger partial charge is 0.472 e. The Hall–Kier alpha value is -1.94. The number of ether oxygens (including phenoxy) is 4. The summed E-state index contributed by atoms with van der Waals surface area (Å²) in [6.07, 6.45) is 36.4. The lowest BCUT2D eigenvalue weighted by Gasteiger charge is -2.21. The Morgan fingerprint density at radius 2 is 0.568 bits per heavy atom. The number of hydrogen-bond donors (Lipinski definition) is 3. The molecule has 17 nitrogen and oxygen atoms in total. The first-order valence-electron chi connectivity index (χ1n) is 32.5. The number of rotatable bonds is 61. The average molecular weight is 1200 g/mol. The van der Waals surface area contributed by atoms with E-state index in [4.69, 9.17) is 37.0 Å². The van der Waals surface area contributed by atoms with Crippen LogP contribution < -0.4 is 0 Å². The second-order valence-corrected chi connectivity index (χ2v) is 26.3. The molecule has 0 fully saturated rings. The van der Waals surface area contributed by atoms with Gasteiger partial charge >= 0.3 is 39.5 Å². The number of hydrogen-bond acceptors (Lipinski definition) is 15. The maximum absolute atomic E-state index is 12.9. The van der Waals surface area contributed by atoms with Crippen LogP contribution in [-0.4, -0.2) is 96.7 Å². The van der Waals surface area contributed by atoms with Crippen LogP contribution in [0.3, 0.4) is 0 Å². The zero-order valence-electron chi connectivity index (χ0n) is 52.1. The molecule has 0 aromatic carbocycles. The predicted molar refractivity (Wildman–Crippen MR) is 321 cm³/mol. The summed E-state index contributed by atoms with van der Waals surface area (Å²) in [5.41, 5.74) is 0. The third kappa shape index (κ3) is 56.9. The zero-order valence-corrected chi connectivity index (χ0v) is 53.9. The predicted octanol–water partition coefficient (Wildman–Crippen LogP) is 16.9. The second kappa shape index (κ2) is 54.7. The second-order valence-electron chi connectivity index (χ2n) is 23.4. The molecule has 0 aliphatic heterocycles. The number of aliphatic hydroxyl groups excluding tert-OH is 1. The standard InChI is InChI=1S/C62H120O17P2/c1-7-9-11-13-15-17-18-19-20-21-27-34-40-46-61(66)78-57(51-73-60(65)45-39-33-28-22-24-30-36-42-54(3)4)52-76-80(68,69)74-48-56(63)49-75-81(70,71)77-53-58(50-72-59(64)44-38-32-26-16-14-12-10-8-2)79-62(67)47-41-35-29-23-25-31-37-43-55(5)6/h54-58,63H,7-53H2,1-6H3,(H,68,69)(H,70,71)/t56-,57-,58-/m1/s1. The van der Waals surface area contributed by atoms with Crippen molar-refractivity contribution in [2.45, 2.75) is 323 Å². The van der Waals surface area contributed by atoms with Crippen molar-refractivity contribution < 1.29 is 80.2 Å². The van der Waals surface area contributed by atoms with Crippen LogP contribution in [0.25, 0.3) is 0 Å². The van der Waals surface area contributed by atoms with E-state index in [0.29, 0.717) is 37.5 Å². The van der Waals surface area contributed by atoms with E-state index in [1.165, 1.54) is 109 Å². The monoisotopic (exact) mass is 1200 g/mol. The lowest BCUT2D eigenvalue weighted by atomic mass is 10.0. The van der Waals surface area contributed by atoms with Gasteiger partial charge in [-0.2, -0.15) is 0 Å². The maximum atomic E-state index is 12.9. The third-order valence-corrected chi connectivity index (χ3v) is 16.1. The van der Waals surface area contributed by atoms with Crippen LogP contribution >= 0.6 is 15.6 Å². The minimum absolute atomic E-state index is 0.103. The van der Waals surface area contributed by atoms with Gasteiger partial charge in [-0.05, 0) is 37.5 Å². The SMILES string of the molecule is CCCCCCCCCCCCCCCC(=O)O[C@H](COC(=O)CCCCCCCCCC(C)C)COP(=O)(O)OC[C@@H](O)COP(=O)(O)OC[C@@H](COC(=O)CCCCCCCCCC)OC(=O)CCCCCCCCCC(C)C. The summed E-state index contributed by atoms with van der Waals surface area (Å²) in [5, 5.41) is 10.5. The molecule has 0 amide bonds.